The number of nitrogens with zero attached hydrogens (tertiary/aromatic N) is 4. The van der Waals surface area contributed by atoms with Crippen LogP contribution >= 0.6 is 11.6 Å². The molecule has 0 N–H and O–H groups in total. The van der Waals surface area contributed by atoms with Gasteiger partial charge in [-0.15, -0.1) is 5.10 Å². The highest BCUT2D eigenvalue weighted by atomic mass is 35.5. The molecule has 1 aromatic heterocycles. The molecule has 1 saturated heterocycles. The van der Waals surface area contributed by atoms with Crippen LogP contribution in [0.4, 0.5) is 5.82 Å². The molecule has 0 unspecified atom stereocenters. The van der Waals surface area contributed by atoms with Crippen molar-refractivity contribution in [1.29, 1.82) is 0 Å². The monoisotopic (exact) mass is 442 g/mol. The summed E-state index contributed by atoms with van der Waals surface area (Å²) in [4.78, 5) is 16.9. The topological polar surface area (TPSA) is 49.3 Å². The van der Waals surface area contributed by atoms with Crippen LogP contribution in [0.15, 0.2) is 78.9 Å². The molecular weight excluding hydrogens is 420 g/mol. The number of carbonyl (C=O) groups is 1. The highest BCUT2D eigenvalue weighted by Gasteiger charge is 2.24. The maximum atomic E-state index is 12.8. The largest absolute Gasteiger partial charge is 0.351 e. The van der Waals surface area contributed by atoms with Gasteiger partial charge in [-0.05, 0) is 29.8 Å². The van der Waals surface area contributed by atoms with E-state index in [2.05, 4.69) is 39.4 Å². The quantitative estimate of drug-likeness (QED) is 0.454. The number of halogens is 1. The highest BCUT2D eigenvalue weighted by Crippen LogP contribution is 2.28. The second-order valence-electron chi connectivity index (χ2n) is 7.96. The molecule has 1 amide bonds. The number of piperazine rings is 1. The molecule has 1 fully saturated rings. The van der Waals surface area contributed by atoms with Crippen LogP contribution in [0.1, 0.15) is 21.6 Å². The third-order valence-corrected chi connectivity index (χ3v) is 6.17. The zero-order valence-corrected chi connectivity index (χ0v) is 18.4. The van der Waals surface area contributed by atoms with Gasteiger partial charge < -0.3 is 9.80 Å². The zero-order chi connectivity index (χ0) is 21.9. The summed E-state index contributed by atoms with van der Waals surface area (Å²) in [6.45, 7) is 2.72. The Bertz CT molecular complexity index is 1240. The van der Waals surface area contributed by atoms with Crippen molar-refractivity contribution >= 4 is 34.1 Å². The molecule has 32 heavy (non-hydrogen) atoms. The van der Waals surface area contributed by atoms with Crippen LogP contribution in [0.3, 0.4) is 0 Å². The Labute approximate surface area is 192 Å². The molecule has 3 aromatic carbocycles. The minimum atomic E-state index is 0.0375. The summed E-state index contributed by atoms with van der Waals surface area (Å²) >= 11 is 5.95. The van der Waals surface area contributed by atoms with Gasteiger partial charge >= 0.3 is 0 Å². The Morgan fingerprint density at radius 1 is 0.781 bits per heavy atom. The van der Waals surface area contributed by atoms with Crippen LogP contribution in [-0.4, -0.2) is 47.2 Å². The van der Waals surface area contributed by atoms with E-state index in [0.717, 1.165) is 41.8 Å². The summed E-state index contributed by atoms with van der Waals surface area (Å²) in [7, 11) is 0. The number of hydrogen-bond donors (Lipinski definition) is 0. The summed E-state index contributed by atoms with van der Waals surface area (Å²) < 4.78 is 0. The van der Waals surface area contributed by atoms with Gasteiger partial charge in [-0.3, -0.25) is 4.79 Å². The van der Waals surface area contributed by atoms with Crippen LogP contribution in [0.2, 0.25) is 5.02 Å². The van der Waals surface area contributed by atoms with Gasteiger partial charge in [-0.1, -0.05) is 66.2 Å². The standard InChI is InChI=1S/C26H23ClN4O/c27-21-12-10-20(11-13-21)26(32)31-16-14-30(15-17-31)25-23-9-5-4-8-22(23)24(28-29-25)18-19-6-2-1-3-7-19/h1-13H,14-18H2. The summed E-state index contributed by atoms with van der Waals surface area (Å²) in [5, 5.41) is 12.1. The molecule has 4 aromatic rings. The molecule has 1 aliphatic heterocycles. The van der Waals surface area contributed by atoms with Gasteiger partial charge in [0.2, 0.25) is 0 Å². The fraction of sp³-hybridized carbons (Fsp3) is 0.192. The normalized spacial score (nSPS) is 14.0. The van der Waals surface area contributed by atoms with E-state index in [0.29, 0.717) is 23.7 Å². The van der Waals surface area contributed by atoms with Crippen molar-refractivity contribution in [3.05, 3.63) is 101 Å². The van der Waals surface area contributed by atoms with Gasteiger partial charge in [0.15, 0.2) is 5.82 Å². The maximum absolute atomic E-state index is 12.8. The van der Waals surface area contributed by atoms with Crippen LogP contribution in [0, 0.1) is 0 Å². The third kappa shape index (κ3) is 4.16. The van der Waals surface area contributed by atoms with E-state index in [1.54, 1.807) is 24.3 Å². The first kappa shape index (κ1) is 20.5. The summed E-state index contributed by atoms with van der Waals surface area (Å²) in [5.74, 6) is 0.923. The average molecular weight is 443 g/mol. The fourth-order valence-electron chi connectivity index (χ4n) is 4.19. The lowest BCUT2D eigenvalue weighted by Gasteiger charge is -2.35. The molecule has 0 bridgehead atoms. The smallest absolute Gasteiger partial charge is 0.253 e. The van der Waals surface area contributed by atoms with Crippen molar-refractivity contribution in [2.75, 3.05) is 31.1 Å². The molecule has 5 rings (SSSR count). The number of hydrogen-bond acceptors (Lipinski definition) is 4. The van der Waals surface area contributed by atoms with Gasteiger partial charge in [0.05, 0.1) is 5.69 Å². The number of amides is 1. The summed E-state index contributed by atoms with van der Waals surface area (Å²) in [5.41, 5.74) is 2.86. The lowest BCUT2D eigenvalue weighted by atomic mass is 10.0. The molecule has 0 radical (unpaired) electrons. The van der Waals surface area contributed by atoms with E-state index in [9.17, 15) is 4.79 Å². The lowest BCUT2D eigenvalue weighted by molar-refractivity contribution is 0.0746. The van der Waals surface area contributed by atoms with Crippen LogP contribution < -0.4 is 4.90 Å². The van der Waals surface area contributed by atoms with Crippen molar-refractivity contribution < 1.29 is 4.79 Å². The van der Waals surface area contributed by atoms with E-state index in [1.165, 1.54) is 5.56 Å². The predicted molar refractivity (Wildman–Crippen MR) is 128 cm³/mol. The van der Waals surface area contributed by atoms with E-state index in [1.807, 2.05) is 35.2 Å². The second-order valence-corrected chi connectivity index (χ2v) is 8.40. The van der Waals surface area contributed by atoms with Gasteiger partial charge in [0, 0.05) is 54.0 Å². The number of carbonyl (C=O) groups excluding carboxylic acids is 1. The van der Waals surface area contributed by atoms with Crippen molar-refractivity contribution in [2.45, 2.75) is 6.42 Å². The Hall–Kier alpha value is -3.44. The van der Waals surface area contributed by atoms with E-state index < -0.39 is 0 Å². The molecule has 2 heterocycles. The van der Waals surface area contributed by atoms with Crippen molar-refractivity contribution in [1.82, 2.24) is 15.1 Å². The summed E-state index contributed by atoms with van der Waals surface area (Å²) in [6, 6.07) is 25.7. The number of rotatable bonds is 4. The number of aromatic nitrogens is 2. The Kier molecular flexibility index (Phi) is 5.73. The average Bonchev–Trinajstić information content (AvgIpc) is 2.85. The molecule has 5 nitrogen and oxygen atoms in total. The molecule has 0 saturated carbocycles. The summed E-state index contributed by atoms with van der Waals surface area (Å²) in [6.07, 6.45) is 0.748. The molecule has 1 aliphatic rings. The minimum Gasteiger partial charge on any atom is -0.351 e. The first-order valence-electron chi connectivity index (χ1n) is 10.8. The minimum absolute atomic E-state index is 0.0375. The van der Waals surface area contributed by atoms with Crippen molar-refractivity contribution in [3.8, 4) is 0 Å². The van der Waals surface area contributed by atoms with Crippen molar-refractivity contribution in [2.24, 2.45) is 0 Å². The number of anilines is 1. The molecule has 160 valence electrons. The van der Waals surface area contributed by atoms with Gasteiger partial charge in [-0.2, -0.15) is 5.10 Å². The SMILES string of the molecule is O=C(c1ccc(Cl)cc1)N1CCN(c2nnc(Cc3ccccc3)c3ccccc23)CC1. The molecule has 0 spiro atoms. The van der Waals surface area contributed by atoms with Crippen LogP contribution in [0.25, 0.3) is 10.8 Å². The Morgan fingerprint density at radius 2 is 1.44 bits per heavy atom. The van der Waals surface area contributed by atoms with E-state index in [-0.39, 0.29) is 5.91 Å². The van der Waals surface area contributed by atoms with Crippen molar-refractivity contribution in [3.63, 3.8) is 0 Å². The molecular formula is C26H23ClN4O. The zero-order valence-electron chi connectivity index (χ0n) is 17.6. The van der Waals surface area contributed by atoms with Crippen LogP contribution in [-0.2, 0) is 6.42 Å². The fourth-order valence-corrected chi connectivity index (χ4v) is 4.32. The molecule has 0 aliphatic carbocycles. The Morgan fingerprint density at radius 3 is 2.16 bits per heavy atom. The highest BCUT2D eigenvalue weighted by molar-refractivity contribution is 6.30. The first-order chi connectivity index (χ1) is 15.7. The predicted octanol–water partition coefficient (Wildman–Crippen LogP) is 4.84. The first-order valence-corrected chi connectivity index (χ1v) is 11.1. The van der Waals surface area contributed by atoms with E-state index >= 15 is 0 Å². The Balaban J connectivity index is 1.35. The number of fused-ring (bicyclic) bond motifs is 1. The van der Waals surface area contributed by atoms with Gasteiger partial charge in [0.25, 0.3) is 5.91 Å². The van der Waals surface area contributed by atoms with Crippen LogP contribution in [0.5, 0.6) is 0 Å². The third-order valence-electron chi connectivity index (χ3n) is 5.92. The van der Waals surface area contributed by atoms with E-state index in [4.69, 9.17) is 11.6 Å². The second kappa shape index (κ2) is 8.97. The van der Waals surface area contributed by atoms with Gasteiger partial charge in [0.1, 0.15) is 0 Å². The van der Waals surface area contributed by atoms with Gasteiger partial charge in [-0.25, -0.2) is 0 Å². The molecule has 6 heteroatoms. The molecule has 0 atom stereocenters. The maximum Gasteiger partial charge on any atom is 0.253 e. The lowest BCUT2D eigenvalue weighted by Crippen LogP contribution is -2.49. The number of benzene rings is 3.